The number of nitrogens with one attached hydrogen (secondary N) is 1. The van der Waals surface area contributed by atoms with E-state index in [0.29, 0.717) is 6.61 Å². The molecule has 4 heteroatoms. The van der Waals surface area contributed by atoms with Gasteiger partial charge in [0, 0.05) is 6.54 Å². The maximum atomic E-state index is 11.9. The molecule has 0 radical (unpaired) electrons. The van der Waals surface area contributed by atoms with E-state index < -0.39 is 0 Å². The van der Waals surface area contributed by atoms with Crippen molar-refractivity contribution in [2.75, 3.05) is 32.8 Å². The van der Waals surface area contributed by atoms with Gasteiger partial charge in [-0.15, -0.1) is 0 Å². The van der Waals surface area contributed by atoms with Crippen LogP contribution >= 0.6 is 0 Å². The summed E-state index contributed by atoms with van der Waals surface area (Å²) < 4.78 is 5.16. The summed E-state index contributed by atoms with van der Waals surface area (Å²) in [6.07, 6.45) is 5.80. The van der Waals surface area contributed by atoms with Crippen LogP contribution in [-0.4, -0.2) is 49.7 Å². The van der Waals surface area contributed by atoms with E-state index in [1.165, 1.54) is 32.4 Å². The number of rotatable bonds is 8. The lowest BCUT2D eigenvalue weighted by molar-refractivity contribution is -0.145. The molecule has 2 atom stereocenters. The zero-order chi connectivity index (χ0) is 14.8. The summed E-state index contributed by atoms with van der Waals surface area (Å²) in [5.74, 6) is 0.753. The predicted molar refractivity (Wildman–Crippen MR) is 82.8 cm³/mol. The van der Waals surface area contributed by atoms with Crippen LogP contribution in [0.15, 0.2) is 0 Å². The predicted octanol–water partition coefficient (Wildman–Crippen LogP) is 2.43. The lowest BCUT2D eigenvalue weighted by Gasteiger charge is -2.23. The van der Waals surface area contributed by atoms with Gasteiger partial charge in [-0.3, -0.25) is 4.79 Å². The highest BCUT2D eigenvalue weighted by atomic mass is 16.5. The van der Waals surface area contributed by atoms with Gasteiger partial charge in [-0.2, -0.15) is 0 Å². The van der Waals surface area contributed by atoms with E-state index in [1.54, 1.807) is 0 Å². The molecule has 0 aromatic heterocycles. The maximum Gasteiger partial charge on any atom is 0.323 e. The Bertz CT molecular complexity index is 271. The molecule has 0 bridgehead atoms. The Balaban J connectivity index is 2.37. The third-order valence-corrected chi connectivity index (χ3v) is 4.06. The van der Waals surface area contributed by atoms with Gasteiger partial charge in [-0.25, -0.2) is 0 Å². The van der Waals surface area contributed by atoms with Crippen molar-refractivity contribution in [2.24, 2.45) is 5.92 Å². The Hall–Kier alpha value is -0.610. The van der Waals surface area contributed by atoms with Gasteiger partial charge in [0.15, 0.2) is 0 Å². The summed E-state index contributed by atoms with van der Waals surface area (Å²) in [7, 11) is 0. The monoisotopic (exact) mass is 284 g/mol. The summed E-state index contributed by atoms with van der Waals surface area (Å²) in [4.78, 5) is 14.4. The molecule has 0 aliphatic carbocycles. The van der Waals surface area contributed by atoms with Crippen molar-refractivity contribution in [3.63, 3.8) is 0 Å². The third-order valence-electron chi connectivity index (χ3n) is 4.06. The molecular formula is C16H32N2O2. The minimum Gasteiger partial charge on any atom is -0.465 e. The van der Waals surface area contributed by atoms with Crippen molar-refractivity contribution < 1.29 is 9.53 Å². The number of nitrogens with zero attached hydrogens (tertiary/aromatic N) is 1. The summed E-state index contributed by atoms with van der Waals surface area (Å²) in [5.41, 5.74) is 0. The summed E-state index contributed by atoms with van der Waals surface area (Å²) in [6, 6.07) is -0.143. The lowest BCUT2D eigenvalue weighted by atomic mass is 10.0. The first kappa shape index (κ1) is 17.4. The number of likely N-dealkylation sites (tertiary alicyclic amines) is 1. The Kier molecular flexibility index (Phi) is 8.86. The topological polar surface area (TPSA) is 41.6 Å². The maximum absolute atomic E-state index is 11.9. The van der Waals surface area contributed by atoms with Crippen molar-refractivity contribution in [2.45, 2.75) is 58.9 Å². The van der Waals surface area contributed by atoms with E-state index in [4.69, 9.17) is 4.74 Å². The Morgan fingerprint density at radius 1 is 1.35 bits per heavy atom. The second kappa shape index (κ2) is 10.2. The number of carbonyl (C=O) groups excluding carboxylic acids is 1. The highest BCUT2D eigenvalue weighted by Crippen LogP contribution is 2.16. The van der Waals surface area contributed by atoms with Gasteiger partial charge in [0.2, 0.25) is 0 Å². The SMILES string of the molecule is CCCNC(CCN1CCCC(C)CC1)C(=O)OCC. The van der Waals surface area contributed by atoms with E-state index in [2.05, 4.69) is 24.1 Å². The zero-order valence-corrected chi connectivity index (χ0v) is 13.5. The van der Waals surface area contributed by atoms with Gasteiger partial charge < -0.3 is 15.0 Å². The van der Waals surface area contributed by atoms with Gasteiger partial charge in [0.05, 0.1) is 6.61 Å². The number of esters is 1. The first-order valence-corrected chi connectivity index (χ1v) is 8.29. The minimum absolute atomic E-state index is 0.0934. The standard InChI is InChI=1S/C16H32N2O2/c1-4-10-17-15(16(19)20-5-2)9-13-18-11-6-7-14(3)8-12-18/h14-15,17H,4-13H2,1-3H3. The third kappa shape index (κ3) is 6.71. The summed E-state index contributed by atoms with van der Waals surface area (Å²) in [5, 5.41) is 3.32. The van der Waals surface area contributed by atoms with Crippen LogP contribution in [0.25, 0.3) is 0 Å². The molecule has 1 N–H and O–H groups in total. The van der Waals surface area contributed by atoms with Crippen molar-refractivity contribution in [3.05, 3.63) is 0 Å². The molecule has 1 rings (SSSR count). The molecule has 0 aromatic rings. The largest absolute Gasteiger partial charge is 0.465 e. The van der Waals surface area contributed by atoms with Gasteiger partial charge in [-0.1, -0.05) is 13.8 Å². The molecule has 0 spiro atoms. The average molecular weight is 284 g/mol. The van der Waals surface area contributed by atoms with E-state index >= 15 is 0 Å². The van der Waals surface area contributed by atoms with E-state index in [1.807, 2.05) is 6.92 Å². The number of carbonyl (C=O) groups is 1. The molecular weight excluding hydrogens is 252 g/mol. The Morgan fingerprint density at radius 2 is 2.15 bits per heavy atom. The van der Waals surface area contributed by atoms with E-state index in [9.17, 15) is 4.79 Å². The van der Waals surface area contributed by atoms with Crippen molar-refractivity contribution in [1.29, 1.82) is 0 Å². The highest BCUT2D eigenvalue weighted by molar-refractivity contribution is 5.75. The van der Waals surface area contributed by atoms with Crippen LogP contribution in [0.4, 0.5) is 0 Å². The zero-order valence-electron chi connectivity index (χ0n) is 13.5. The van der Waals surface area contributed by atoms with Gasteiger partial charge >= 0.3 is 5.97 Å². The number of hydrogen-bond acceptors (Lipinski definition) is 4. The fourth-order valence-electron chi connectivity index (χ4n) is 2.72. The van der Waals surface area contributed by atoms with Crippen LogP contribution < -0.4 is 5.32 Å². The van der Waals surface area contributed by atoms with Crippen LogP contribution in [0.5, 0.6) is 0 Å². The number of ether oxygens (including phenoxy) is 1. The Morgan fingerprint density at radius 3 is 2.85 bits per heavy atom. The fourth-order valence-corrected chi connectivity index (χ4v) is 2.72. The lowest BCUT2D eigenvalue weighted by Crippen LogP contribution is -2.41. The molecule has 0 aromatic carbocycles. The first-order valence-electron chi connectivity index (χ1n) is 8.29. The molecule has 1 saturated heterocycles. The van der Waals surface area contributed by atoms with Crippen LogP contribution in [0.3, 0.4) is 0 Å². The summed E-state index contributed by atoms with van der Waals surface area (Å²) in [6.45, 7) is 11.0. The normalized spacial score (nSPS) is 22.2. The quantitative estimate of drug-likeness (QED) is 0.695. The fraction of sp³-hybridized carbons (Fsp3) is 0.938. The molecule has 1 aliphatic rings. The molecule has 0 saturated carbocycles. The van der Waals surface area contributed by atoms with Gasteiger partial charge in [0.25, 0.3) is 0 Å². The minimum atomic E-state index is -0.143. The van der Waals surface area contributed by atoms with Crippen LogP contribution in [0.2, 0.25) is 0 Å². The second-order valence-electron chi connectivity index (χ2n) is 5.93. The van der Waals surface area contributed by atoms with Crippen LogP contribution in [0.1, 0.15) is 52.9 Å². The van der Waals surface area contributed by atoms with Crippen molar-refractivity contribution in [1.82, 2.24) is 10.2 Å². The molecule has 2 unspecified atom stereocenters. The van der Waals surface area contributed by atoms with Crippen LogP contribution in [0, 0.1) is 5.92 Å². The van der Waals surface area contributed by atoms with Gasteiger partial charge in [-0.05, 0) is 64.6 Å². The van der Waals surface area contributed by atoms with Crippen molar-refractivity contribution >= 4 is 5.97 Å². The Labute approximate surface area is 124 Å². The van der Waals surface area contributed by atoms with E-state index in [-0.39, 0.29) is 12.0 Å². The average Bonchev–Trinajstić information content (AvgIpc) is 2.64. The van der Waals surface area contributed by atoms with Gasteiger partial charge in [0.1, 0.15) is 6.04 Å². The highest BCUT2D eigenvalue weighted by Gasteiger charge is 2.21. The number of hydrogen-bond donors (Lipinski definition) is 1. The smallest absolute Gasteiger partial charge is 0.323 e. The summed E-state index contributed by atoms with van der Waals surface area (Å²) >= 11 is 0. The van der Waals surface area contributed by atoms with E-state index in [0.717, 1.165) is 31.8 Å². The van der Waals surface area contributed by atoms with Crippen LogP contribution in [-0.2, 0) is 9.53 Å². The molecule has 4 nitrogen and oxygen atoms in total. The molecule has 20 heavy (non-hydrogen) atoms. The second-order valence-corrected chi connectivity index (χ2v) is 5.93. The first-order chi connectivity index (χ1) is 9.67. The molecule has 1 fully saturated rings. The molecule has 0 amide bonds. The molecule has 1 aliphatic heterocycles. The molecule has 1 heterocycles. The van der Waals surface area contributed by atoms with Crippen molar-refractivity contribution in [3.8, 4) is 0 Å². The molecule has 118 valence electrons.